The summed E-state index contributed by atoms with van der Waals surface area (Å²) < 4.78 is 0. The molecule has 2 amide bonds. The number of hydrogen-bond acceptors (Lipinski definition) is 3. The van der Waals surface area contributed by atoms with Gasteiger partial charge in [0.15, 0.2) is 0 Å². The van der Waals surface area contributed by atoms with Gasteiger partial charge in [0, 0.05) is 37.5 Å². The molecule has 5 heteroatoms. The second kappa shape index (κ2) is 7.73. The van der Waals surface area contributed by atoms with E-state index < -0.39 is 0 Å². The lowest BCUT2D eigenvalue weighted by Gasteiger charge is -2.32. The number of piperidine rings is 1. The molecule has 1 fully saturated rings. The number of carbonyl (C=O) groups excluding carboxylic acids is 3. The molecule has 0 aromatic heterocycles. The van der Waals surface area contributed by atoms with E-state index in [0.717, 1.165) is 12.8 Å². The molecule has 1 aliphatic rings. The minimum absolute atomic E-state index is 0.0263. The van der Waals surface area contributed by atoms with Crippen molar-refractivity contribution < 1.29 is 14.4 Å². The lowest BCUT2D eigenvalue weighted by molar-refractivity contribution is -0.125. The number of Topliss-reactive ketones (excluding diaryl/α,β-unsaturated/α-hetero) is 1. The maximum atomic E-state index is 12.3. The zero-order chi connectivity index (χ0) is 15.9. The van der Waals surface area contributed by atoms with Gasteiger partial charge in [-0.05, 0) is 31.9 Å². The number of ketones is 1. The van der Waals surface area contributed by atoms with Gasteiger partial charge in [0.25, 0.3) is 5.91 Å². The summed E-state index contributed by atoms with van der Waals surface area (Å²) in [6.45, 7) is 2.78. The van der Waals surface area contributed by atoms with Gasteiger partial charge in [-0.3, -0.25) is 9.59 Å². The molecular formula is C17H22N2O3. The Labute approximate surface area is 130 Å². The largest absolute Gasteiger partial charge is 0.353 e. The van der Waals surface area contributed by atoms with Crippen LogP contribution in [0, 0.1) is 0 Å². The molecule has 1 N–H and O–H groups in total. The maximum absolute atomic E-state index is 12.3. The number of carbonyl (C=O) groups is 3. The van der Waals surface area contributed by atoms with Gasteiger partial charge in [0.1, 0.15) is 5.78 Å². The first kappa shape index (κ1) is 16.2. The van der Waals surface area contributed by atoms with E-state index >= 15 is 0 Å². The van der Waals surface area contributed by atoms with Crippen LogP contribution in [-0.4, -0.2) is 41.6 Å². The average molecular weight is 302 g/mol. The van der Waals surface area contributed by atoms with Crippen LogP contribution in [0.1, 0.15) is 43.0 Å². The molecule has 1 aromatic rings. The van der Waals surface area contributed by atoms with Gasteiger partial charge in [-0.25, -0.2) is 0 Å². The van der Waals surface area contributed by atoms with E-state index in [1.807, 2.05) is 35.2 Å². The monoisotopic (exact) mass is 302 g/mol. The average Bonchev–Trinajstić information content (AvgIpc) is 2.54. The zero-order valence-electron chi connectivity index (χ0n) is 12.9. The van der Waals surface area contributed by atoms with Crippen LogP contribution in [0.5, 0.6) is 0 Å². The second-order valence-corrected chi connectivity index (χ2v) is 5.70. The van der Waals surface area contributed by atoms with Gasteiger partial charge in [0.2, 0.25) is 5.91 Å². The highest BCUT2D eigenvalue weighted by molar-refractivity contribution is 5.94. The molecule has 2 rings (SSSR count). The predicted molar refractivity (Wildman–Crippen MR) is 83.4 cm³/mol. The van der Waals surface area contributed by atoms with E-state index in [1.54, 1.807) is 0 Å². The van der Waals surface area contributed by atoms with Gasteiger partial charge in [-0.1, -0.05) is 18.2 Å². The molecule has 0 radical (unpaired) electrons. The van der Waals surface area contributed by atoms with Crippen molar-refractivity contribution in [3.05, 3.63) is 35.9 Å². The Kier molecular flexibility index (Phi) is 5.69. The maximum Gasteiger partial charge on any atom is 0.253 e. The summed E-state index contributed by atoms with van der Waals surface area (Å²) in [6, 6.07) is 9.33. The molecule has 22 heavy (non-hydrogen) atoms. The summed E-state index contributed by atoms with van der Waals surface area (Å²) in [5, 5.41) is 2.94. The Bertz CT molecular complexity index is 534. The van der Waals surface area contributed by atoms with E-state index in [2.05, 4.69) is 5.32 Å². The number of benzene rings is 1. The standard InChI is InChI=1S/C17H22N2O3/c1-13(20)7-8-16(21)18-15-9-11-19(12-10-15)17(22)14-5-3-2-4-6-14/h2-6,15H,7-12H2,1H3,(H,18,21). The molecule has 0 aliphatic carbocycles. The van der Waals surface area contributed by atoms with Crippen molar-refractivity contribution in [1.29, 1.82) is 0 Å². The van der Waals surface area contributed by atoms with Crippen LogP contribution >= 0.6 is 0 Å². The number of amides is 2. The molecule has 1 aliphatic heterocycles. The van der Waals surface area contributed by atoms with Crippen LogP contribution in [0.3, 0.4) is 0 Å². The fourth-order valence-corrected chi connectivity index (χ4v) is 2.58. The minimum atomic E-state index is -0.0805. The zero-order valence-corrected chi connectivity index (χ0v) is 12.9. The third kappa shape index (κ3) is 4.69. The molecule has 5 nitrogen and oxygen atoms in total. The second-order valence-electron chi connectivity index (χ2n) is 5.70. The van der Waals surface area contributed by atoms with Gasteiger partial charge in [-0.15, -0.1) is 0 Å². The SMILES string of the molecule is CC(=O)CCC(=O)NC1CCN(C(=O)c2ccccc2)CC1. The fourth-order valence-electron chi connectivity index (χ4n) is 2.58. The quantitative estimate of drug-likeness (QED) is 0.901. The summed E-state index contributed by atoms with van der Waals surface area (Å²) >= 11 is 0. The summed E-state index contributed by atoms with van der Waals surface area (Å²) in [5.74, 6) is -0.0107. The van der Waals surface area contributed by atoms with E-state index in [0.29, 0.717) is 18.7 Å². The third-order valence-electron chi connectivity index (χ3n) is 3.87. The van der Waals surface area contributed by atoms with Crippen molar-refractivity contribution >= 4 is 17.6 Å². The number of nitrogens with zero attached hydrogens (tertiary/aromatic N) is 1. The van der Waals surface area contributed by atoms with Crippen molar-refractivity contribution in [2.75, 3.05) is 13.1 Å². The molecule has 1 aromatic carbocycles. The van der Waals surface area contributed by atoms with Gasteiger partial charge < -0.3 is 15.0 Å². The highest BCUT2D eigenvalue weighted by Gasteiger charge is 2.24. The van der Waals surface area contributed by atoms with Crippen LogP contribution < -0.4 is 5.32 Å². The molecule has 1 saturated heterocycles. The summed E-state index contributed by atoms with van der Waals surface area (Å²) in [5.41, 5.74) is 0.700. The number of rotatable bonds is 5. The fraction of sp³-hybridized carbons (Fsp3) is 0.471. The third-order valence-corrected chi connectivity index (χ3v) is 3.87. The van der Waals surface area contributed by atoms with E-state index in [9.17, 15) is 14.4 Å². The van der Waals surface area contributed by atoms with Crippen molar-refractivity contribution in [1.82, 2.24) is 10.2 Å². The van der Waals surface area contributed by atoms with Gasteiger partial charge >= 0.3 is 0 Å². The van der Waals surface area contributed by atoms with Crippen molar-refractivity contribution in [2.24, 2.45) is 0 Å². The summed E-state index contributed by atoms with van der Waals surface area (Å²) in [7, 11) is 0. The Balaban J connectivity index is 1.77. The van der Waals surface area contributed by atoms with E-state index in [-0.39, 0.29) is 36.5 Å². The van der Waals surface area contributed by atoms with Crippen LogP contribution in [-0.2, 0) is 9.59 Å². The van der Waals surface area contributed by atoms with Crippen molar-refractivity contribution in [3.63, 3.8) is 0 Å². The number of likely N-dealkylation sites (tertiary alicyclic amines) is 1. The molecule has 0 bridgehead atoms. The lowest BCUT2D eigenvalue weighted by atomic mass is 10.0. The lowest BCUT2D eigenvalue weighted by Crippen LogP contribution is -2.46. The Hall–Kier alpha value is -2.17. The van der Waals surface area contributed by atoms with Crippen molar-refractivity contribution in [2.45, 2.75) is 38.6 Å². The van der Waals surface area contributed by atoms with Crippen LogP contribution in [0.15, 0.2) is 30.3 Å². The summed E-state index contributed by atoms with van der Waals surface area (Å²) in [4.78, 5) is 36.7. The first-order valence-corrected chi connectivity index (χ1v) is 7.69. The summed E-state index contributed by atoms with van der Waals surface area (Å²) in [6.07, 6.45) is 2.05. The predicted octanol–water partition coefficient (Wildman–Crippen LogP) is 1.78. The normalized spacial score (nSPS) is 15.4. The molecule has 0 unspecified atom stereocenters. The van der Waals surface area contributed by atoms with Crippen LogP contribution in [0.4, 0.5) is 0 Å². The molecule has 118 valence electrons. The molecule has 0 atom stereocenters. The van der Waals surface area contributed by atoms with E-state index in [4.69, 9.17) is 0 Å². The Morgan fingerprint density at radius 2 is 1.73 bits per heavy atom. The highest BCUT2D eigenvalue weighted by atomic mass is 16.2. The number of nitrogens with one attached hydrogen (secondary N) is 1. The number of hydrogen-bond donors (Lipinski definition) is 1. The smallest absolute Gasteiger partial charge is 0.253 e. The van der Waals surface area contributed by atoms with Crippen LogP contribution in [0.25, 0.3) is 0 Å². The first-order chi connectivity index (χ1) is 10.6. The highest BCUT2D eigenvalue weighted by Crippen LogP contribution is 2.14. The van der Waals surface area contributed by atoms with Gasteiger partial charge in [-0.2, -0.15) is 0 Å². The minimum Gasteiger partial charge on any atom is -0.353 e. The topological polar surface area (TPSA) is 66.5 Å². The van der Waals surface area contributed by atoms with Gasteiger partial charge in [0.05, 0.1) is 0 Å². The molecule has 0 saturated carbocycles. The molecule has 1 heterocycles. The Morgan fingerprint density at radius 3 is 2.32 bits per heavy atom. The first-order valence-electron chi connectivity index (χ1n) is 7.69. The molecule has 0 spiro atoms. The Morgan fingerprint density at radius 1 is 1.09 bits per heavy atom. The molecular weight excluding hydrogens is 280 g/mol. The van der Waals surface area contributed by atoms with E-state index in [1.165, 1.54) is 6.92 Å². The van der Waals surface area contributed by atoms with Crippen LogP contribution in [0.2, 0.25) is 0 Å². The van der Waals surface area contributed by atoms with Crippen molar-refractivity contribution in [3.8, 4) is 0 Å².